The Morgan fingerprint density at radius 2 is 1.34 bits per heavy atom. The van der Waals surface area contributed by atoms with Crippen molar-refractivity contribution in [3.05, 3.63) is 102 Å². The molecule has 0 bridgehead atoms. The van der Waals surface area contributed by atoms with Crippen molar-refractivity contribution >= 4 is 39.3 Å². The summed E-state index contributed by atoms with van der Waals surface area (Å²) in [5.74, 6) is -0.794. The maximum Gasteiger partial charge on any atom is 0.228 e. The number of rotatable bonds is 4. The highest BCUT2D eigenvalue weighted by atomic mass is 19.1. The number of amides is 2. The summed E-state index contributed by atoms with van der Waals surface area (Å²) >= 11 is 0. The van der Waals surface area contributed by atoms with Gasteiger partial charge in [0.25, 0.3) is 0 Å². The van der Waals surface area contributed by atoms with E-state index in [1.54, 1.807) is 17.0 Å². The summed E-state index contributed by atoms with van der Waals surface area (Å²) in [5, 5.41) is 2.50. The van der Waals surface area contributed by atoms with E-state index in [1.165, 1.54) is 45.1 Å². The van der Waals surface area contributed by atoms with Crippen molar-refractivity contribution in [3.63, 3.8) is 0 Å². The van der Waals surface area contributed by atoms with Gasteiger partial charge in [0.05, 0.1) is 5.92 Å². The Bertz CT molecular complexity index is 1710. The first-order chi connectivity index (χ1) is 19.9. The number of fused-ring (bicyclic) bond motifs is 2. The van der Waals surface area contributed by atoms with E-state index in [9.17, 15) is 14.0 Å². The third-order valence-electron chi connectivity index (χ3n) is 9.37. The molecule has 2 aromatic heterocycles. The van der Waals surface area contributed by atoms with Gasteiger partial charge < -0.3 is 18.9 Å². The number of hydrogen-bond acceptors (Lipinski definition) is 2. The zero-order valence-corrected chi connectivity index (χ0v) is 23.4. The number of carbonyl (C=O) groups is 2. The second-order valence-electron chi connectivity index (χ2n) is 11.6. The smallest absolute Gasteiger partial charge is 0.228 e. The van der Waals surface area contributed by atoms with Crippen LogP contribution in [0.3, 0.4) is 0 Å². The van der Waals surface area contributed by atoms with Crippen LogP contribution in [0, 0.1) is 11.7 Å². The first kappa shape index (κ1) is 25.6. The Balaban J connectivity index is 1.21. The number of likely N-dealkylation sites (tertiary alicyclic amines) is 1. The number of para-hydroxylation sites is 2. The van der Waals surface area contributed by atoms with E-state index in [0.29, 0.717) is 25.3 Å². The van der Waals surface area contributed by atoms with Crippen LogP contribution in [0.25, 0.3) is 21.8 Å². The molecule has 2 aliphatic rings. The summed E-state index contributed by atoms with van der Waals surface area (Å²) in [5.41, 5.74) is 5.38. The highest BCUT2D eigenvalue weighted by Gasteiger charge is 2.44. The van der Waals surface area contributed by atoms with E-state index in [1.807, 2.05) is 4.90 Å². The average Bonchev–Trinajstić information content (AvgIpc) is 3.67. The average molecular weight is 549 g/mol. The van der Waals surface area contributed by atoms with Gasteiger partial charge in [-0.1, -0.05) is 36.4 Å². The molecule has 1 unspecified atom stereocenters. The monoisotopic (exact) mass is 548 g/mol. The van der Waals surface area contributed by atoms with Crippen molar-refractivity contribution in [2.45, 2.75) is 24.7 Å². The lowest BCUT2D eigenvalue weighted by atomic mass is 9.67. The van der Waals surface area contributed by atoms with Gasteiger partial charge in [-0.3, -0.25) is 9.59 Å². The van der Waals surface area contributed by atoms with E-state index >= 15 is 0 Å². The van der Waals surface area contributed by atoms with Gasteiger partial charge in [-0.2, -0.15) is 0 Å². The molecule has 41 heavy (non-hydrogen) atoms. The molecule has 6 nitrogen and oxygen atoms in total. The quantitative estimate of drug-likeness (QED) is 0.286. The molecular formula is C34H33FN4O2. The third kappa shape index (κ3) is 4.05. The topological polar surface area (TPSA) is 50.5 Å². The molecule has 1 atom stereocenters. The Kier molecular flexibility index (Phi) is 6.00. The summed E-state index contributed by atoms with van der Waals surface area (Å²) in [6.45, 7) is 1.57. The van der Waals surface area contributed by atoms with E-state index < -0.39 is 5.92 Å². The number of aryl methyl sites for hydroxylation is 2. The number of benzene rings is 3. The maximum absolute atomic E-state index is 13.8. The van der Waals surface area contributed by atoms with Crippen LogP contribution >= 0.6 is 0 Å². The van der Waals surface area contributed by atoms with E-state index in [2.05, 4.69) is 84.2 Å². The first-order valence-electron chi connectivity index (χ1n) is 14.3. The van der Waals surface area contributed by atoms with Crippen LogP contribution in [0.15, 0.2) is 85.2 Å². The summed E-state index contributed by atoms with van der Waals surface area (Å²) in [6, 6.07) is 23.0. The molecule has 0 aliphatic carbocycles. The van der Waals surface area contributed by atoms with Gasteiger partial charge in [-0.15, -0.1) is 0 Å². The second kappa shape index (κ2) is 9.61. The van der Waals surface area contributed by atoms with Crippen LogP contribution in [0.2, 0.25) is 0 Å². The zero-order chi connectivity index (χ0) is 28.3. The molecule has 2 saturated heterocycles. The van der Waals surface area contributed by atoms with E-state index in [0.717, 1.165) is 12.8 Å². The second-order valence-corrected chi connectivity index (χ2v) is 11.6. The lowest BCUT2D eigenvalue weighted by Gasteiger charge is -2.43. The summed E-state index contributed by atoms with van der Waals surface area (Å²) in [7, 11) is 4.20. The predicted molar refractivity (Wildman–Crippen MR) is 159 cm³/mol. The summed E-state index contributed by atoms with van der Waals surface area (Å²) < 4.78 is 17.9. The number of aromatic nitrogens is 2. The van der Waals surface area contributed by atoms with Crippen molar-refractivity contribution < 1.29 is 14.0 Å². The molecule has 2 amide bonds. The molecule has 3 aromatic carbocycles. The molecule has 7 heteroatoms. The predicted octanol–water partition coefficient (Wildman–Crippen LogP) is 5.77. The molecule has 208 valence electrons. The van der Waals surface area contributed by atoms with Crippen molar-refractivity contribution in [2.75, 3.05) is 24.5 Å². The molecule has 5 aromatic rings. The van der Waals surface area contributed by atoms with E-state index in [-0.39, 0.29) is 29.5 Å². The number of halogens is 1. The molecule has 2 aliphatic heterocycles. The molecule has 0 N–H and O–H groups in total. The van der Waals surface area contributed by atoms with Gasteiger partial charge in [0.2, 0.25) is 11.8 Å². The Hall–Kier alpha value is -4.39. The van der Waals surface area contributed by atoms with Gasteiger partial charge in [0.15, 0.2) is 0 Å². The third-order valence-corrected chi connectivity index (χ3v) is 9.37. The van der Waals surface area contributed by atoms with Gasteiger partial charge in [0, 0.05) is 85.5 Å². The standard InChI is InChI=1S/C34H33FN4O2/c1-36-21-28(26-7-3-5-9-30(26)36)34(29-22-37(2)31-10-6-4-8-27(29)31)15-17-38(18-16-34)33(41)23-19-32(40)39(20-23)25-13-11-24(35)12-14-25/h3-14,21-23H,15-20H2,1-2H3. The minimum atomic E-state index is -0.393. The van der Waals surface area contributed by atoms with Crippen molar-refractivity contribution in [3.8, 4) is 0 Å². The zero-order valence-electron chi connectivity index (χ0n) is 23.4. The van der Waals surface area contributed by atoms with Gasteiger partial charge in [-0.05, 0) is 60.4 Å². The molecule has 2 fully saturated rings. The fraction of sp³-hybridized carbons (Fsp3) is 0.294. The molecule has 4 heterocycles. The van der Waals surface area contributed by atoms with Crippen LogP contribution in [-0.4, -0.2) is 45.5 Å². The number of hydrogen-bond donors (Lipinski definition) is 0. The summed E-state index contributed by atoms with van der Waals surface area (Å²) in [4.78, 5) is 30.2. The van der Waals surface area contributed by atoms with Gasteiger partial charge in [-0.25, -0.2) is 4.39 Å². The maximum atomic E-state index is 13.8. The fourth-order valence-corrected chi connectivity index (χ4v) is 7.24. The van der Waals surface area contributed by atoms with Crippen molar-refractivity contribution in [1.29, 1.82) is 0 Å². The van der Waals surface area contributed by atoms with Crippen LogP contribution in [0.4, 0.5) is 10.1 Å². The number of anilines is 1. The molecular weight excluding hydrogens is 515 g/mol. The Morgan fingerprint density at radius 1 is 0.805 bits per heavy atom. The van der Waals surface area contributed by atoms with Crippen LogP contribution < -0.4 is 4.90 Å². The number of nitrogens with zero attached hydrogens (tertiary/aromatic N) is 4. The molecule has 0 spiro atoms. The Morgan fingerprint density at radius 3 is 1.90 bits per heavy atom. The van der Waals surface area contributed by atoms with Crippen LogP contribution in [-0.2, 0) is 29.1 Å². The van der Waals surface area contributed by atoms with Crippen LogP contribution in [0.1, 0.15) is 30.4 Å². The normalized spacial score (nSPS) is 19.0. The largest absolute Gasteiger partial charge is 0.350 e. The minimum Gasteiger partial charge on any atom is -0.350 e. The van der Waals surface area contributed by atoms with Crippen LogP contribution in [0.5, 0.6) is 0 Å². The first-order valence-corrected chi connectivity index (χ1v) is 14.3. The Labute approximate surface area is 238 Å². The lowest BCUT2D eigenvalue weighted by Crippen LogP contribution is -2.48. The fourth-order valence-electron chi connectivity index (χ4n) is 7.24. The van der Waals surface area contributed by atoms with Crippen molar-refractivity contribution in [2.24, 2.45) is 20.0 Å². The number of piperidine rings is 1. The minimum absolute atomic E-state index is 0.0346. The van der Waals surface area contributed by atoms with Gasteiger partial charge in [0.1, 0.15) is 5.82 Å². The number of carbonyl (C=O) groups excluding carboxylic acids is 2. The summed E-state index contributed by atoms with van der Waals surface area (Å²) in [6.07, 6.45) is 6.33. The highest BCUT2D eigenvalue weighted by Crippen LogP contribution is 2.48. The van der Waals surface area contributed by atoms with Gasteiger partial charge >= 0.3 is 0 Å². The molecule has 7 rings (SSSR count). The molecule has 0 saturated carbocycles. The SMILES string of the molecule is Cn1cc(C2(c3cn(C)c4ccccc34)CCN(C(=O)C3CC(=O)N(c4ccc(F)cc4)C3)CC2)c2ccccc21. The highest BCUT2D eigenvalue weighted by molar-refractivity contribution is 6.00. The molecule has 0 radical (unpaired) electrons. The van der Waals surface area contributed by atoms with Crippen molar-refractivity contribution in [1.82, 2.24) is 14.0 Å². The van der Waals surface area contributed by atoms with E-state index in [4.69, 9.17) is 0 Å². The lowest BCUT2D eigenvalue weighted by molar-refractivity contribution is -0.137.